The summed E-state index contributed by atoms with van der Waals surface area (Å²) in [6, 6.07) is 3.74. The Balaban J connectivity index is 2.19. The minimum atomic E-state index is -0.0929. The van der Waals surface area contributed by atoms with Crippen LogP contribution < -0.4 is 5.56 Å². The van der Waals surface area contributed by atoms with Gasteiger partial charge in [-0.3, -0.25) is 14.0 Å². The van der Waals surface area contributed by atoms with Gasteiger partial charge >= 0.3 is 0 Å². The van der Waals surface area contributed by atoms with Crippen LogP contribution in [0.1, 0.15) is 29.7 Å². The van der Waals surface area contributed by atoms with Crippen molar-refractivity contribution in [2.75, 3.05) is 0 Å². The smallest absolute Gasteiger partial charge is 0.261 e. The van der Waals surface area contributed by atoms with E-state index in [2.05, 4.69) is 10.1 Å². The Morgan fingerprint density at radius 2 is 2.00 bits per heavy atom. The first kappa shape index (κ1) is 13.5. The number of hydrogen-bond acceptors (Lipinski definition) is 3. The summed E-state index contributed by atoms with van der Waals surface area (Å²) in [7, 11) is 1.86. The molecule has 1 unspecified atom stereocenters. The molecule has 2 aromatic heterocycles. The molecule has 0 fully saturated rings. The molecule has 1 atom stereocenters. The monoisotopic (exact) mass is 282 g/mol. The second-order valence-corrected chi connectivity index (χ2v) is 5.48. The van der Waals surface area contributed by atoms with Crippen molar-refractivity contribution in [3.63, 3.8) is 0 Å². The molecule has 1 aromatic carbocycles. The fraction of sp³-hybridized carbons (Fsp3) is 0.312. The third-order valence-electron chi connectivity index (χ3n) is 4.10. The van der Waals surface area contributed by atoms with Gasteiger partial charge in [-0.2, -0.15) is 5.10 Å². The summed E-state index contributed by atoms with van der Waals surface area (Å²) in [6.07, 6.45) is 5.33. The highest BCUT2D eigenvalue weighted by atomic mass is 16.1. The lowest BCUT2D eigenvalue weighted by atomic mass is 10.1. The SMILES string of the molecule is Cc1ccc2c(=O)n(C(C)c3cnn(C)c3)cnc2c1C. The summed E-state index contributed by atoms with van der Waals surface area (Å²) in [5, 5.41) is 4.83. The summed E-state index contributed by atoms with van der Waals surface area (Å²) in [4.78, 5) is 17.2. The maximum absolute atomic E-state index is 12.7. The molecule has 5 heteroatoms. The van der Waals surface area contributed by atoms with Crippen molar-refractivity contribution < 1.29 is 0 Å². The van der Waals surface area contributed by atoms with Gasteiger partial charge in [0, 0.05) is 18.8 Å². The number of hydrogen-bond donors (Lipinski definition) is 0. The number of fused-ring (bicyclic) bond motifs is 1. The van der Waals surface area contributed by atoms with E-state index in [4.69, 9.17) is 0 Å². The molecule has 0 spiro atoms. The van der Waals surface area contributed by atoms with E-state index in [1.165, 1.54) is 0 Å². The lowest BCUT2D eigenvalue weighted by Crippen LogP contribution is -2.24. The molecule has 0 saturated heterocycles. The summed E-state index contributed by atoms with van der Waals surface area (Å²) in [5.74, 6) is 0. The highest BCUT2D eigenvalue weighted by molar-refractivity contribution is 5.81. The van der Waals surface area contributed by atoms with Crippen molar-refractivity contribution in [2.45, 2.75) is 26.8 Å². The Kier molecular flexibility index (Phi) is 3.12. The molecule has 0 N–H and O–H groups in total. The van der Waals surface area contributed by atoms with Crippen molar-refractivity contribution in [1.82, 2.24) is 19.3 Å². The molecule has 5 nitrogen and oxygen atoms in total. The number of aryl methyl sites for hydroxylation is 3. The molecular formula is C16H18N4O. The molecule has 0 aliphatic carbocycles. The van der Waals surface area contributed by atoms with Gasteiger partial charge in [0.1, 0.15) is 0 Å². The van der Waals surface area contributed by atoms with Crippen LogP contribution in [0.3, 0.4) is 0 Å². The summed E-state index contributed by atoms with van der Waals surface area (Å²) in [6.45, 7) is 6.01. The van der Waals surface area contributed by atoms with Gasteiger partial charge in [0.15, 0.2) is 0 Å². The van der Waals surface area contributed by atoms with Gasteiger partial charge in [-0.1, -0.05) is 6.07 Å². The summed E-state index contributed by atoms with van der Waals surface area (Å²) < 4.78 is 3.40. The van der Waals surface area contributed by atoms with Gasteiger partial charge < -0.3 is 0 Å². The van der Waals surface area contributed by atoms with Gasteiger partial charge in [0.25, 0.3) is 5.56 Å². The first-order valence-corrected chi connectivity index (χ1v) is 6.94. The topological polar surface area (TPSA) is 52.7 Å². The van der Waals surface area contributed by atoms with Crippen molar-refractivity contribution in [2.24, 2.45) is 7.05 Å². The second-order valence-electron chi connectivity index (χ2n) is 5.48. The summed E-state index contributed by atoms with van der Waals surface area (Å²) in [5.41, 5.74) is 3.97. The molecule has 3 rings (SSSR count). The molecular weight excluding hydrogens is 264 g/mol. The Hall–Kier alpha value is -2.43. The van der Waals surface area contributed by atoms with Crippen LogP contribution in [0.15, 0.2) is 35.6 Å². The molecule has 0 aliphatic rings. The van der Waals surface area contributed by atoms with E-state index < -0.39 is 0 Å². The maximum Gasteiger partial charge on any atom is 0.261 e. The second kappa shape index (κ2) is 4.84. The molecule has 108 valence electrons. The minimum Gasteiger partial charge on any atom is -0.291 e. The fourth-order valence-corrected chi connectivity index (χ4v) is 2.54. The van der Waals surface area contributed by atoms with Gasteiger partial charge in [-0.25, -0.2) is 4.98 Å². The first-order chi connectivity index (χ1) is 9.99. The zero-order valence-corrected chi connectivity index (χ0v) is 12.7. The van der Waals surface area contributed by atoms with Crippen LogP contribution in [0.25, 0.3) is 10.9 Å². The molecule has 0 saturated carbocycles. The zero-order chi connectivity index (χ0) is 15.1. The van der Waals surface area contributed by atoms with E-state index in [9.17, 15) is 4.79 Å². The highest BCUT2D eigenvalue weighted by Gasteiger charge is 2.14. The van der Waals surface area contributed by atoms with Gasteiger partial charge in [0.05, 0.1) is 29.5 Å². The molecule has 21 heavy (non-hydrogen) atoms. The first-order valence-electron chi connectivity index (χ1n) is 6.94. The Morgan fingerprint density at radius 3 is 2.67 bits per heavy atom. The van der Waals surface area contributed by atoms with Gasteiger partial charge in [-0.05, 0) is 38.0 Å². The minimum absolute atomic E-state index is 0.0144. The standard InChI is InChI=1S/C16H18N4O/c1-10-5-6-14-15(11(10)2)17-9-20(16(14)21)12(3)13-7-18-19(4)8-13/h5-9,12H,1-4H3. The van der Waals surface area contributed by atoms with E-state index >= 15 is 0 Å². The van der Waals surface area contributed by atoms with Crippen LogP contribution >= 0.6 is 0 Å². The zero-order valence-electron chi connectivity index (χ0n) is 12.7. The van der Waals surface area contributed by atoms with Gasteiger partial charge in [-0.15, -0.1) is 0 Å². The van der Waals surface area contributed by atoms with E-state index in [1.54, 1.807) is 21.8 Å². The summed E-state index contributed by atoms with van der Waals surface area (Å²) >= 11 is 0. The molecule has 0 radical (unpaired) electrons. The van der Waals surface area contributed by atoms with Crippen LogP contribution in [-0.2, 0) is 7.05 Å². The van der Waals surface area contributed by atoms with Gasteiger partial charge in [0.2, 0.25) is 0 Å². The Bertz CT molecular complexity index is 876. The average Bonchev–Trinajstić information content (AvgIpc) is 2.89. The van der Waals surface area contributed by atoms with Crippen LogP contribution in [0, 0.1) is 13.8 Å². The number of nitrogens with zero attached hydrogens (tertiary/aromatic N) is 4. The third kappa shape index (κ3) is 2.14. The molecule has 2 heterocycles. The number of aromatic nitrogens is 4. The number of rotatable bonds is 2. The van der Waals surface area contributed by atoms with E-state index in [1.807, 2.05) is 46.1 Å². The lowest BCUT2D eigenvalue weighted by Gasteiger charge is -2.14. The average molecular weight is 282 g/mol. The Labute approximate surface area is 122 Å². The van der Waals surface area contributed by atoms with Crippen molar-refractivity contribution in [3.8, 4) is 0 Å². The van der Waals surface area contributed by atoms with Crippen molar-refractivity contribution >= 4 is 10.9 Å². The van der Waals surface area contributed by atoms with Crippen LogP contribution in [-0.4, -0.2) is 19.3 Å². The predicted molar refractivity (Wildman–Crippen MR) is 82.5 cm³/mol. The van der Waals surface area contributed by atoms with Crippen molar-refractivity contribution in [1.29, 1.82) is 0 Å². The van der Waals surface area contributed by atoms with E-state index in [0.29, 0.717) is 5.39 Å². The number of benzene rings is 1. The normalized spacial score (nSPS) is 12.8. The maximum atomic E-state index is 12.7. The van der Waals surface area contributed by atoms with Crippen LogP contribution in [0.5, 0.6) is 0 Å². The van der Waals surface area contributed by atoms with Crippen LogP contribution in [0.4, 0.5) is 0 Å². The van der Waals surface area contributed by atoms with E-state index in [0.717, 1.165) is 22.2 Å². The molecule has 0 bridgehead atoms. The predicted octanol–water partition coefficient (Wildman–Crippen LogP) is 2.36. The lowest BCUT2D eigenvalue weighted by molar-refractivity contribution is 0.608. The van der Waals surface area contributed by atoms with Crippen molar-refractivity contribution in [3.05, 3.63) is 57.9 Å². The fourth-order valence-electron chi connectivity index (χ4n) is 2.54. The Morgan fingerprint density at radius 1 is 1.24 bits per heavy atom. The third-order valence-corrected chi connectivity index (χ3v) is 4.10. The quantitative estimate of drug-likeness (QED) is 0.725. The highest BCUT2D eigenvalue weighted by Crippen LogP contribution is 2.19. The molecule has 0 amide bonds. The van der Waals surface area contributed by atoms with Crippen LogP contribution in [0.2, 0.25) is 0 Å². The molecule has 3 aromatic rings. The molecule has 0 aliphatic heterocycles. The largest absolute Gasteiger partial charge is 0.291 e. The van der Waals surface area contributed by atoms with E-state index in [-0.39, 0.29) is 11.6 Å².